The maximum Gasteiger partial charge on any atom is 0.342 e. The molecular weight excluding hydrogens is 1080 g/mol. The van der Waals surface area contributed by atoms with Crippen LogP contribution in [0.3, 0.4) is 0 Å². The van der Waals surface area contributed by atoms with E-state index < -0.39 is 80.8 Å². The van der Waals surface area contributed by atoms with E-state index in [1.54, 1.807) is 0 Å². The summed E-state index contributed by atoms with van der Waals surface area (Å²) in [6, 6.07) is 64.3. The fourth-order valence-electron chi connectivity index (χ4n) is 5.92. The number of rotatable bonds is 8. The molecule has 8 aromatic rings. The van der Waals surface area contributed by atoms with Crippen molar-refractivity contribution in [3.05, 3.63) is 239 Å². The molecule has 0 fully saturated rings. The second kappa shape index (κ2) is 28.1. The number of phenols is 1. The molecule has 0 aliphatic rings. The zero-order chi connectivity index (χ0) is 49.9. The lowest BCUT2D eigenvalue weighted by atomic mass is 10.1. The van der Waals surface area contributed by atoms with Crippen LogP contribution in [-0.4, -0.2) is 33.1 Å². The van der Waals surface area contributed by atoms with Crippen molar-refractivity contribution in [3.8, 4) is 11.5 Å². The number of hydrogen-bond acceptors (Lipinski definition) is 4. The molecule has 0 radical (unpaired) electrons. The normalized spacial score (nSPS) is 10.1. The molecule has 0 saturated heterocycles. The van der Waals surface area contributed by atoms with Gasteiger partial charge in [0.1, 0.15) is 11.4 Å². The Kier molecular flexibility index (Phi) is 23.1. The van der Waals surface area contributed by atoms with Gasteiger partial charge < -0.3 is 37.4 Å². The Hall–Kier alpha value is -6.53. The first-order valence-electron chi connectivity index (χ1n) is 19.7. The van der Waals surface area contributed by atoms with Gasteiger partial charge in [-0.05, 0) is 85.6 Å². The van der Waals surface area contributed by atoms with Gasteiger partial charge in [-0.3, -0.25) is 0 Å². The van der Waals surface area contributed by atoms with Crippen LogP contribution in [0.25, 0.3) is 0 Å². The number of halogens is 9. The Balaban J connectivity index is 0.000000242. The number of carboxylic acid groups (broad SMARTS) is 2. The molecule has 0 aliphatic carbocycles. The van der Waals surface area contributed by atoms with Gasteiger partial charge in [0.05, 0.1) is 27.4 Å². The molecule has 0 bridgehead atoms. The van der Waals surface area contributed by atoms with Crippen LogP contribution in [-0.2, 0) is 21.8 Å². The fourth-order valence-corrected chi connectivity index (χ4v) is 10.1. The third kappa shape index (κ3) is 14.7. The third-order valence-electron chi connectivity index (χ3n) is 9.04. The first-order valence-corrected chi connectivity index (χ1v) is 23.7. The first kappa shape index (κ1) is 56.8. The standard InChI is InChI=1S/2C18H15S.C8H5F3O3.C7H2F4O3.CH3Br.BrH/c2*1-4-10-16(11-5-1)19(17-12-6-2-7-13-17)18-14-8-3-9-15-18;1-2-4(9)3(8(13)14)7(12)6(11)5(2)10;8-2-1(7(13)14)6(12)5(11)4(10)3(2)9;1-2;/h2*1-15H;12H,1H3,(H,13,14);12H,(H,13,14);1H3;1H/q2*+1;;;;/p-2. The van der Waals surface area contributed by atoms with Crippen LogP contribution in [0, 0.1) is 47.6 Å². The van der Waals surface area contributed by atoms with E-state index in [9.17, 15) is 45.4 Å². The van der Waals surface area contributed by atoms with E-state index in [-0.39, 0.29) is 38.8 Å². The van der Waals surface area contributed by atoms with Crippen LogP contribution in [0.1, 0.15) is 26.3 Å². The van der Waals surface area contributed by atoms with Gasteiger partial charge in [0, 0.05) is 5.56 Å². The number of alkyl halides is 1. The number of benzene rings is 8. The molecule has 17 heteroatoms. The van der Waals surface area contributed by atoms with E-state index in [0.29, 0.717) is 0 Å². The van der Waals surface area contributed by atoms with Gasteiger partial charge in [-0.25, -0.2) is 35.9 Å². The van der Waals surface area contributed by atoms with Crippen LogP contribution in [0.15, 0.2) is 211 Å². The van der Waals surface area contributed by atoms with E-state index in [1.165, 1.54) is 29.4 Å². The van der Waals surface area contributed by atoms with Crippen molar-refractivity contribution in [2.45, 2.75) is 36.3 Å². The molecule has 3 N–H and O–H groups in total. The Morgan fingerprint density at radius 3 is 0.899 bits per heavy atom. The number of carboxylic acids is 2. The summed E-state index contributed by atoms with van der Waals surface area (Å²) >= 11 is 2.94. The second-order valence-electron chi connectivity index (χ2n) is 13.4. The lowest BCUT2D eigenvalue weighted by Crippen LogP contribution is -3.00. The lowest BCUT2D eigenvalue weighted by molar-refractivity contribution is -0.273. The Morgan fingerprint density at radius 2 is 0.652 bits per heavy atom. The zero-order valence-corrected chi connectivity index (χ0v) is 40.9. The Morgan fingerprint density at radius 1 is 0.406 bits per heavy atom. The van der Waals surface area contributed by atoms with E-state index in [2.05, 4.69) is 198 Å². The molecule has 0 spiro atoms. The van der Waals surface area contributed by atoms with Gasteiger partial charge in [-0.15, -0.1) is 0 Å². The van der Waals surface area contributed by atoms with Crippen molar-refractivity contribution in [1.82, 2.24) is 0 Å². The molecule has 8 aromatic carbocycles. The van der Waals surface area contributed by atoms with Crippen LogP contribution in [0.5, 0.6) is 11.5 Å². The van der Waals surface area contributed by atoms with Gasteiger partial charge in [0.2, 0.25) is 11.6 Å². The van der Waals surface area contributed by atoms with Gasteiger partial charge >= 0.3 is 11.9 Å². The molecular formula is C52H39Br2F7O6S2. The summed E-state index contributed by atoms with van der Waals surface area (Å²) in [6.07, 6.45) is 0. The number of aromatic carboxylic acids is 2. The summed E-state index contributed by atoms with van der Waals surface area (Å²) in [7, 11) is -0.0293. The van der Waals surface area contributed by atoms with Crippen molar-refractivity contribution in [2.24, 2.45) is 0 Å². The fraction of sp³-hybridized carbons (Fsp3) is 0.0385. The maximum atomic E-state index is 13.0. The lowest BCUT2D eigenvalue weighted by Gasteiger charge is -2.14. The van der Waals surface area contributed by atoms with E-state index in [0.717, 1.165) is 6.92 Å². The summed E-state index contributed by atoms with van der Waals surface area (Å²) in [6.45, 7) is 0.847. The largest absolute Gasteiger partial charge is 1.00 e. The van der Waals surface area contributed by atoms with E-state index in [1.807, 2.05) is 5.83 Å². The highest BCUT2D eigenvalue weighted by atomic mass is 79.9. The average Bonchev–Trinajstić information content (AvgIpc) is 3.37. The van der Waals surface area contributed by atoms with Crippen molar-refractivity contribution >= 4 is 49.7 Å². The van der Waals surface area contributed by atoms with Crippen LogP contribution in [0.4, 0.5) is 30.7 Å². The highest BCUT2D eigenvalue weighted by molar-refractivity contribution is 9.08. The first-order chi connectivity index (χ1) is 32.6. The minimum atomic E-state index is -2.28. The predicted molar refractivity (Wildman–Crippen MR) is 250 cm³/mol. The van der Waals surface area contributed by atoms with Crippen LogP contribution < -0.4 is 22.1 Å². The average molecular weight is 1120 g/mol. The van der Waals surface area contributed by atoms with Gasteiger partial charge in [0.15, 0.2) is 58.4 Å². The molecule has 0 heterocycles. The minimum absolute atomic E-state index is 0. The maximum absolute atomic E-state index is 13.0. The van der Waals surface area contributed by atoms with Gasteiger partial charge in [-0.2, -0.15) is 4.39 Å². The molecule has 358 valence electrons. The minimum Gasteiger partial charge on any atom is -1.00 e. The third-order valence-corrected chi connectivity index (χ3v) is 13.5. The molecule has 0 saturated carbocycles. The summed E-state index contributed by atoms with van der Waals surface area (Å²) in [5.74, 6) is -19.6. The number of carbonyl (C=O) groups is 2. The summed E-state index contributed by atoms with van der Waals surface area (Å²) < 4.78 is 88.2. The molecule has 0 atom stereocenters. The Labute approximate surface area is 418 Å². The monoisotopic (exact) mass is 1110 g/mol. The summed E-state index contributed by atoms with van der Waals surface area (Å²) in [5.41, 5.74) is -3.83. The molecule has 0 unspecified atom stereocenters. The van der Waals surface area contributed by atoms with Crippen LogP contribution >= 0.6 is 15.9 Å². The van der Waals surface area contributed by atoms with Gasteiger partial charge in [0.25, 0.3) is 0 Å². The quantitative estimate of drug-likeness (QED) is 0.0459. The predicted octanol–water partition coefficient (Wildman–Crippen LogP) is 10.4. The highest BCUT2D eigenvalue weighted by Gasteiger charge is 2.30. The molecule has 6 nitrogen and oxygen atoms in total. The van der Waals surface area contributed by atoms with Gasteiger partial charge in [-0.1, -0.05) is 131 Å². The zero-order valence-electron chi connectivity index (χ0n) is 36.1. The second-order valence-corrected chi connectivity index (χ2v) is 17.4. The van der Waals surface area contributed by atoms with E-state index >= 15 is 0 Å². The smallest absolute Gasteiger partial charge is 0.342 e. The topological polar surface area (TPSA) is 118 Å². The molecule has 0 aliphatic heterocycles. The van der Waals surface area contributed by atoms with Crippen molar-refractivity contribution in [1.29, 1.82) is 0 Å². The molecule has 0 amide bonds. The molecule has 69 heavy (non-hydrogen) atoms. The number of hydrogen-bond donors (Lipinski definition) is 3. The SMILES string of the molecule is CBr.Cc1c(F)c(F)c([O-])c(C(=O)O)c1F.O=C(O)c1c(O)c(F)c(F)c(F)c1F.[Br-].c1ccc([S+](c2ccccc2)c2ccccc2)cc1.c1ccc([S+](c2ccccc2)c2ccccc2)cc1. The van der Waals surface area contributed by atoms with Crippen LogP contribution in [0.2, 0.25) is 0 Å². The van der Waals surface area contributed by atoms with Crippen molar-refractivity contribution < 1.29 is 77.7 Å². The molecule has 8 rings (SSSR count). The van der Waals surface area contributed by atoms with Crippen molar-refractivity contribution in [3.63, 3.8) is 0 Å². The molecule has 0 aromatic heterocycles. The van der Waals surface area contributed by atoms with Crippen molar-refractivity contribution in [2.75, 3.05) is 5.83 Å². The summed E-state index contributed by atoms with van der Waals surface area (Å²) in [5, 5.41) is 36.0. The summed E-state index contributed by atoms with van der Waals surface area (Å²) in [4.78, 5) is 28.7. The number of aromatic hydroxyl groups is 1. The van der Waals surface area contributed by atoms with E-state index in [4.69, 9.17) is 15.3 Å². The Bertz CT molecular complexity index is 2440. The highest BCUT2D eigenvalue weighted by Crippen LogP contribution is 2.33.